The Morgan fingerprint density at radius 1 is 1.32 bits per heavy atom. The van der Waals surface area contributed by atoms with Crippen molar-refractivity contribution in [1.29, 1.82) is 0 Å². The Kier molecular flexibility index (Phi) is 4.47. The molecule has 0 aliphatic carbocycles. The van der Waals surface area contributed by atoms with Crippen molar-refractivity contribution in [2.24, 2.45) is 0 Å². The number of anilines is 1. The molecule has 25 heavy (non-hydrogen) atoms. The van der Waals surface area contributed by atoms with Crippen LogP contribution in [0.25, 0.3) is 22.2 Å². The quantitative estimate of drug-likeness (QED) is 0.674. The van der Waals surface area contributed by atoms with E-state index in [2.05, 4.69) is 20.3 Å². The van der Waals surface area contributed by atoms with E-state index in [-0.39, 0.29) is 11.3 Å². The lowest BCUT2D eigenvalue weighted by molar-refractivity contribution is 0.0953. The molecular weight excluding hydrogens is 318 g/mol. The summed E-state index contributed by atoms with van der Waals surface area (Å²) in [5.74, 6) is -0.469. The van der Waals surface area contributed by atoms with Crippen molar-refractivity contribution in [3.05, 3.63) is 52.2 Å². The molecule has 0 atom stereocenters. The van der Waals surface area contributed by atoms with Gasteiger partial charge in [0.05, 0.1) is 28.8 Å². The molecule has 0 spiro atoms. The minimum atomic E-state index is -0.522. The number of nitrogens with two attached hydrogens (primary N) is 1. The molecule has 0 saturated carbocycles. The van der Waals surface area contributed by atoms with Crippen LogP contribution in [-0.4, -0.2) is 27.4 Å². The number of nitrogen functional groups attached to an aromatic ring is 1. The zero-order valence-electron chi connectivity index (χ0n) is 14.1. The summed E-state index contributed by atoms with van der Waals surface area (Å²) >= 11 is 0. The van der Waals surface area contributed by atoms with Crippen molar-refractivity contribution in [2.75, 3.05) is 12.3 Å². The van der Waals surface area contributed by atoms with Gasteiger partial charge in [0.15, 0.2) is 0 Å². The van der Waals surface area contributed by atoms with Gasteiger partial charge >= 0.3 is 0 Å². The molecular formula is C18H19N5O2. The van der Waals surface area contributed by atoms with E-state index in [1.165, 1.54) is 0 Å². The number of rotatable bonds is 4. The van der Waals surface area contributed by atoms with Gasteiger partial charge in [0.1, 0.15) is 5.56 Å². The molecule has 3 rings (SSSR count). The van der Waals surface area contributed by atoms with E-state index in [4.69, 9.17) is 5.73 Å². The van der Waals surface area contributed by atoms with E-state index in [9.17, 15) is 9.59 Å². The molecule has 4 N–H and O–H groups in total. The van der Waals surface area contributed by atoms with E-state index in [1.807, 2.05) is 26.0 Å². The Bertz CT molecular complexity index is 1010. The topological polar surface area (TPSA) is 114 Å². The maximum absolute atomic E-state index is 12.5. The molecule has 3 aromatic rings. The number of carbonyl (C=O) groups is 1. The van der Waals surface area contributed by atoms with Crippen LogP contribution >= 0.6 is 0 Å². The number of hydrogen-bond donors (Lipinski definition) is 3. The van der Waals surface area contributed by atoms with Crippen LogP contribution < -0.4 is 16.6 Å². The van der Waals surface area contributed by atoms with Gasteiger partial charge in [-0.2, -0.15) is 0 Å². The molecule has 0 radical (unpaired) electrons. The van der Waals surface area contributed by atoms with Crippen LogP contribution in [0.2, 0.25) is 0 Å². The summed E-state index contributed by atoms with van der Waals surface area (Å²) in [7, 11) is 0. The summed E-state index contributed by atoms with van der Waals surface area (Å²) in [6, 6.07) is 5.41. The third-order valence-electron chi connectivity index (χ3n) is 3.88. The summed E-state index contributed by atoms with van der Waals surface area (Å²) in [5, 5.41) is 3.29. The number of fused-ring (bicyclic) bond motifs is 1. The van der Waals surface area contributed by atoms with Gasteiger partial charge in [0.25, 0.3) is 11.5 Å². The molecule has 0 unspecified atom stereocenters. The Morgan fingerprint density at radius 2 is 2.12 bits per heavy atom. The zero-order valence-corrected chi connectivity index (χ0v) is 14.1. The van der Waals surface area contributed by atoms with Crippen molar-refractivity contribution in [3.63, 3.8) is 0 Å². The van der Waals surface area contributed by atoms with Crippen LogP contribution in [0.3, 0.4) is 0 Å². The number of para-hydroxylation sites is 1. The van der Waals surface area contributed by atoms with E-state index in [0.29, 0.717) is 28.7 Å². The number of nitrogens with zero attached hydrogens (tertiary/aromatic N) is 2. The molecule has 0 aliphatic rings. The van der Waals surface area contributed by atoms with E-state index in [1.54, 1.807) is 18.5 Å². The lowest BCUT2D eigenvalue weighted by Gasteiger charge is -2.11. The van der Waals surface area contributed by atoms with E-state index < -0.39 is 11.5 Å². The first-order valence-corrected chi connectivity index (χ1v) is 8.04. The van der Waals surface area contributed by atoms with Crippen molar-refractivity contribution in [3.8, 4) is 11.3 Å². The van der Waals surface area contributed by atoms with Gasteiger partial charge in [-0.05, 0) is 13.3 Å². The molecule has 1 amide bonds. The molecule has 2 aromatic heterocycles. The molecule has 7 nitrogen and oxygen atoms in total. The highest BCUT2D eigenvalue weighted by atomic mass is 16.2. The van der Waals surface area contributed by atoms with Gasteiger partial charge in [-0.3, -0.25) is 14.6 Å². The second-order valence-electron chi connectivity index (χ2n) is 5.77. The first kappa shape index (κ1) is 16.6. The average Bonchev–Trinajstić information content (AvgIpc) is 2.59. The largest absolute Gasteiger partial charge is 0.397 e. The van der Waals surface area contributed by atoms with Gasteiger partial charge in [0, 0.05) is 23.7 Å². The van der Waals surface area contributed by atoms with Crippen molar-refractivity contribution in [2.45, 2.75) is 20.3 Å². The first-order valence-electron chi connectivity index (χ1n) is 8.04. The molecule has 7 heteroatoms. The van der Waals surface area contributed by atoms with Gasteiger partial charge < -0.3 is 16.0 Å². The minimum absolute atomic E-state index is 0.0616. The summed E-state index contributed by atoms with van der Waals surface area (Å²) < 4.78 is 0. The maximum atomic E-state index is 12.5. The Morgan fingerprint density at radius 3 is 2.84 bits per heavy atom. The third-order valence-corrected chi connectivity index (χ3v) is 3.88. The van der Waals surface area contributed by atoms with Crippen LogP contribution in [0.4, 0.5) is 5.69 Å². The lowest BCUT2D eigenvalue weighted by Crippen LogP contribution is -2.31. The Balaban J connectivity index is 2.22. The molecule has 0 aliphatic heterocycles. The van der Waals surface area contributed by atoms with Crippen molar-refractivity contribution in [1.82, 2.24) is 20.3 Å². The summed E-state index contributed by atoms with van der Waals surface area (Å²) in [6.07, 6.45) is 4.05. The Hall–Kier alpha value is -3.22. The van der Waals surface area contributed by atoms with E-state index >= 15 is 0 Å². The molecule has 2 heterocycles. The van der Waals surface area contributed by atoms with Gasteiger partial charge in [0.2, 0.25) is 0 Å². The molecule has 1 aromatic carbocycles. The van der Waals surface area contributed by atoms with Crippen LogP contribution in [0.15, 0.2) is 35.4 Å². The maximum Gasteiger partial charge on any atom is 0.263 e. The fourth-order valence-corrected chi connectivity index (χ4v) is 2.70. The molecule has 0 bridgehead atoms. The van der Waals surface area contributed by atoms with Crippen LogP contribution in [0.5, 0.6) is 0 Å². The highest BCUT2D eigenvalue weighted by Crippen LogP contribution is 2.29. The van der Waals surface area contributed by atoms with Crippen LogP contribution in [0, 0.1) is 6.92 Å². The number of carbonyl (C=O) groups excluding carboxylic acids is 1. The number of aryl methyl sites for hydroxylation is 1. The minimum Gasteiger partial charge on any atom is -0.397 e. The average molecular weight is 337 g/mol. The van der Waals surface area contributed by atoms with Crippen LogP contribution in [-0.2, 0) is 0 Å². The number of amides is 1. The second kappa shape index (κ2) is 6.72. The molecule has 0 saturated heterocycles. The number of nitrogens with one attached hydrogen (secondary N) is 2. The number of pyridine rings is 1. The summed E-state index contributed by atoms with van der Waals surface area (Å²) in [4.78, 5) is 36.1. The summed E-state index contributed by atoms with van der Waals surface area (Å²) in [5.41, 5.74) is 8.37. The fraction of sp³-hybridized carbons (Fsp3) is 0.222. The van der Waals surface area contributed by atoms with E-state index in [0.717, 1.165) is 12.1 Å². The highest BCUT2D eigenvalue weighted by molar-refractivity contribution is 6.08. The second-order valence-corrected chi connectivity index (χ2v) is 5.77. The zero-order chi connectivity index (χ0) is 18.0. The lowest BCUT2D eigenvalue weighted by atomic mass is 10.0. The van der Waals surface area contributed by atoms with Crippen LogP contribution in [0.1, 0.15) is 29.4 Å². The predicted molar refractivity (Wildman–Crippen MR) is 97.4 cm³/mol. The Labute approximate surface area is 144 Å². The van der Waals surface area contributed by atoms with Crippen molar-refractivity contribution < 1.29 is 4.79 Å². The molecule has 0 fully saturated rings. The first-order chi connectivity index (χ1) is 12.0. The van der Waals surface area contributed by atoms with Crippen molar-refractivity contribution >= 4 is 22.5 Å². The fourth-order valence-electron chi connectivity index (χ4n) is 2.70. The molecule has 128 valence electrons. The standard InChI is InChI=1S/C18H19N5O2/c1-3-7-21-17(24)14-15(19)12-6-4-5-11(16(12)23-18(14)25)13-9-20-8-10(2)22-13/h4-6,8-9H,3,7H2,1-2H3,(H,21,24)(H3,19,23,25). The highest BCUT2D eigenvalue weighted by Gasteiger charge is 2.19. The number of benzene rings is 1. The monoisotopic (exact) mass is 337 g/mol. The number of H-pyrrole nitrogens is 1. The number of aromatic nitrogens is 3. The summed E-state index contributed by atoms with van der Waals surface area (Å²) in [6.45, 7) is 4.26. The van der Waals surface area contributed by atoms with Gasteiger partial charge in [-0.15, -0.1) is 0 Å². The normalized spacial score (nSPS) is 10.8. The van der Waals surface area contributed by atoms with Gasteiger partial charge in [-0.1, -0.05) is 25.1 Å². The van der Waals surface area contributed by atoms with Gasteiger partial charge in [-0.25, -0.2) is 4.98 Å². The number of hydrogen-bond acceptors (Lipinski definition) is 5. The number of aromatic amines is 1. The SMILES string of the molecule is CCCNC(=O)c1c(N)c2cccc(-c3cncc(C)n3)c2[nH]c1=O. The third kappa shape index (κ3) is 3.08. The predicted octanol–water partition coefficient (Wildman–Crippen LogP) is 2.02. The smallest absolute Gasteiger partial charge is 0.263 e.